The summed E-state index contributed by atoms with van der Waals surface area (Å²) in [5, 5.41) is 7.60. The zero-order valence-electron chi connectivity index (χ0n) is 11.4. The van der Waals surface area contributed by atoms with Gasteiger partial charge in [0.25, 0.3) is 0 Å². The molecule has 0 radical (unpaired) electrons. The zero-order chi connectivity index (χ0) is 12.7. The maximum absolute atomic E-state index is 4.23. The molecule has 0 aliphatic rings. The fraction of sp³-hybridized carbons (Fsp3) is 0.692. The van der Waals surface area contributed by atoms with Gasteiger partial charge in [-0.3, -0.25) is 4.68 Å². The highest BCUT2D eigenvalue weighted by atomic mass is 15.3. The second-order valence-corrected chi connectivity index (χ2v) is 5.13. The molecule has 1 N–H and O–H groups in total. The molecule has 17 heavy (non-hydrogen) atoms. The lowest BCUT2D eigenvalue weighted by molar-refractivity contribution is 0.431. The highest BCUT2D eigenvalue weighted by molar-refractivity contribution is 4.96. The molecule has 0 fully saturated rings. The average Bonchev–Trinajstić information content (AvgIpc) is 2.69. The summed E-state index contributed by atoms with van der Waals surface area (Å²) in [7, 11) is 0. The lowest BCUT2D eigenvalue weighted by Gasteiger charge is -2.19. The number of nitrogens with zero attached hydrogens (tertiary/aromatic N) is 3. The lowest BCUT2D eigenvalue weighted by atomic mass is 10.1. The molecule has 1 rings (SSSR count). The quantitative estimate of drug-likeness (QED) is 0.608. The van der Waals surface area contributed by atoms with E-state index in [0.717, 1.165) is 31.8 Å². The van der Waals surface area contributed by atoms with Gasteiger partial charge in [-0.05, 0) is 40.7 Å². The van der Waals surface area contributed by atoms with Crippen LogP contribution in [0.1, 0.15) is 39.9 Å². The van der Waals surface area contributed by atoms with Crippen molar-refractivity contribution >= 4 is 0 Å². The van der Waals surface area contributed by atoms with E-state index in [0.29, 0.717) is 0 Å². The third-order valence-electron chi connectivity index (χ3n) is 2.43. The van der Waals surface area contributed by atoms with Crippen LogP contribution >= 0.6 is 0 Å². The van der Waals surface area contributed by atoms with Gasteiger partial charge in [0, 0.05) is 18.5 Å². The Bertz CT molecular complexity index is 347. The van der Waals surface area contributed by atoms with Crippen molar-refractivity contribution < 1.29 is 0 Å². The van der Waals surface area contributed by atoms with E-state index in [1.165, 1.54) is 0 Å². The van der Waals surface area contributed by atoms with Crippen LogP contribution in [0, 0.1) is 0 Å². The monoisotopic (exact) mass is 236 g/mol. The summed E-state index contributed by atoms with van der Waals surface area (Å²) in [6.45, 7) is 10.5. The summed E-state index contributed by atoms with van der Waals surface area (Å²) in [5.41, 5.74) is 0.205. The predicted octanol–water partition coefficient (Wildman–Crippen LogP) is 2.17. The van der Waals surface area contributed by atoms with Gasteiger partial charge in [0.05, 0.1) is 0 Å². The summed E-state index contributed by atoms with van der Waals surface area (Å²) in [5.74, 6) is 1.03. The highest BCUT2D eigenvalue weighted by Gasteiger charge is 2.06. The third-order valence-corrected chi connectivity index (χ3v) is 2.43. The number of aryl methyl sites for hydroxylation is 1. The zero-order valence-corrected chi connectivity index (χ0v) is 11.4. The van der Waals surface area contributed by atoms with E-state index in [-0.39, 0.29) is 5.54 Å². The molecule has 4 nitrogen and oxygen atoms in total. The van der Waals surface area contributed by atoms with E-state index in [2.05, 4.69) is 55.2 Å². The first kappa shape index (κ1) is 13.9. The van der Waals surface area contributed by atoms with Crippen LogP contribution in [0.4, 0.5) is 0 Å². The van der Waals surface area contributed by atoms with E-state index in [9.17, 15) is 0 Å². The molecule has 0 saturated heterocycles. The minimum atomic E-state index is 0.205. The third kappa shape index (κ3) is 5.63. The van der Waals surface area contributed by atoms with Crippen molar-refractivity contribution in [3.8, 4) is 0 Å². The van der Waals surface area contributed by atoms with Gasteiger partial charge < -0.3 is 5.32 Å². The molecule has 1 heterocycles. The van der Waals surface area contributed by atoms with Crippen LogP contribution in [-0.2, 0) is 13.0 Å². The van der Waals surface area contributed by atoms with Crippen molar-refractivity contribution in [1.82, 2.24) is 20.1 Å². The smallest absolute Gasteiger partial charge is 0.138 e. The Hall–Kier alpha value is -1.16. The summed E-state index contributed by atoms with van der Waals surface area (Å²) in [4.78, 5) is 4.23. The summed E-state index contributed by atoms with van der Waals surface area (Å²) >= 11 is 0. The lowest BCUT2D eigenvalue weighted by Crippen LogP contribution is -2.36. The number of hydrogen-bond donors (Lipinski definition) is 1. The maximum atomic E-state index is 4.23. The van der Waals surface area contributed by atoms with Crippen LogP contribution in [-0.4, -0.2) is 26.8 Å². The van der Waals surface area contributed by atoms with Crippen molar-refractivity contribution in [3.63, 3.8) is 0 Å². The van der Waals surface area contributed by atoms with E-state index in [4.69, 9.17) is 0 Å². The summed E-state index contributed by atoms with van der Waals surface area (Å²) < 4.78 is 1.93. The van der Waals surface area contributed by atoms with Gasteiger partial charge in [-0.15, -0.1) is 0 Å². The molecule has 0 spiro atoms. The molecule has 0 saturated carbocycles. The van der Waals surface area contributed by atoms with Crippen LogP contribution in [0.25, 0.3) is 0 Å². The maximum Gasteiger partial charge on any atom is 0.138 e. The molecule has 0 aromatic carbocycles. The number of rotatable bonds is 6. The SMILES string of the molecule is CCn1ncnc1CC=CCCNC(C)(C)C. The largest absolute Gasteiger partial charge is 0.312 e. The van der Waals surface area contributed by atoms with E-state index in [1.807, 2.05) is 4.68 Å². The molecule has 1 aromatic heterocycles. The van der Waals surface area contributed by atoms with Crippen LogP contribution in [0.15, 0.2) is 18.5 Å². The van der Waals surface area contributed by atoms with Gasteiger partial charge in [0.1, 0.15) is 12.2 Å². The Balaban J connectivity index is 2.22. The van der Waals surface area contributed by atoms with Crippen LogP contribution in [0.3, 0.4) is 0 Å². The molecular formula is C13H24N4. The molecule has 0 unspecified atom stereocenters. The number of aromatic nitrogens is 3. The van der Waals surface area contributed by atoms with Gasteiger partial charge in [-0.2, -0.15) is 5.10 Å². The molecular weight excluding hydrogens is 212 g/mol. The number of hydrogen-bond acceptors (Lipinski definition) is 3. The normalized spacial score (nSPS) is 12.5. The molecule has 0 aliphatic carbocycles. The van der Waals surface area contributed by atoms with Gasteiger partial charge >= 0.3 is 0 Å². The summed E-state index contributed by atoms with van der Waals surface area (Å²) in [6.07, 6.45) is 7.91. The minimum Gasteiger partial charge on any atom is -0.312 e. The molecule has 0 atom stereocenters. The van der Waals surface area contributed by atoms with Gasteiger partial charge in [-0.1, -0.05) is 12.2 Å². The van der Waals surface area contributed by atoms with Gasteiger partial charge in [0.15, 0.2) is 0 Å². The van der Waals surface area contributed by atoms with Crippen molar-refractivity contribution in [2.75, 3.05) is 6.54 Å². The van der Waals surface area contributed by atoms with Crippen molar-refractivity contribution in [3.05, 3.63) is 24.3 Å². The van der Waals surface area contributed by atoms with Gasteiger partial charge in [-0.25, -0.2) is 4.98 Å². The first-order valence-corrected chi connectivity index (χ1v) is 6.29. The summed E-state index contributed by atoms with van der Waals surface area (Å²) in [6, 6.07) is 0. The Morgan fingerprint density at radius 2 is 2.12 bits per heavy atom. The fourth-order valence-corrected chi connectivity index (χ4v) is 1.55. The van der Waals surface area contributed by atoms with Crippen molar-refractivity contribution in [2.24, 2.45) is 0 Å². The Kier molecular flexibility index (Phi) is 5.35. The topological polar surface area (TPSA) is 42.7 Å². The van der Waals surface area contributed by atoms with Crippen LogP contribution in [0.2, 0.25) is 0 Å². The van der Waals surface area contributed by atoms with Crippen molar-refractivity contribution in [2.45, 2.75) is 52.6 Å². The molecule has 4 heteroatoms. The van der Waals surface area contributed by atoms with E-state index in [1.54, 1.807) is 6.33 Å². The van der Waals surface area contributed by atoms with E-state index >= 15 is 0 Å². The Morgan fingerprint density at radius 3 is 2.76 bits per heavy atom. The number of allylic oxidation sites excluding steroid dienone is 1. The fourth-order valence-electron chi connectivity index (χ4n) is 1.55. The van der Waals surface area contributed by atoms with Crippen LogP contribution in [0.5, 0.6) is 0 Å². The molecule has 96 valence electrons. The first-order valence-electron chi connectivity index (χ1n) is 6.29. The Labute approximate surface area is 104 Å². The predicted molar refractivity (Wildman–Crippen MR) is 70.9 cm³/mol. The van der Waals surface area contributed by atoms with E-state index < -0.39 is 0 Å². The molecule has 1 aromatic rings. The second kappa shape index (κ2) is 6.55. The number of nitrogens with one attached hydrogen (secondary N) is 1. The first-order chi connectivity index (χ1) is 8.03. The van der Waals surface area contributed by atoms with Crippen LogP contribution < -0.4 is 5.32 Å². The Morgan fingerprint density at radius 1 is 1.35 bits per heavy atom. The standard InChI is InChI=1S/C13H24N4/c1-5-17-12(14-11-16-17)9-7-6-8-10-15-13(2,3)4/h6-7,11,15H,5,8-10H2,1-4H3. The average molecular weight is 236 g/mol. The minimum absolute atomic E-state index is 0.205. The van der Waals surface area contributed by atoms with Gasteiger partial charge in [0.2, 0.25) is 0 Å². The molecule has 0 bridgehead atoms. The second-order valence-electron chi connectivity index (χ2n) is 5.13. The van der Waals surface area contributed by atoms with Crippen molar-refractivity contribution in [1.29, 1.82) is 0 Å². The molecule has 0 amide bonds. The highest BCUT2D eigenvalue weighted by Crippen LogP contribution is 1.99. The molecule has 0 aliphatic heterocycles.